The maximum Gasteiger partial charge on any atom is 0.339 e. The van der Waals surface area contributed by atoms with Gasteiger partial charge in [-0.3, -0.25) is 4.79 Å². The van der Waals surface area contributed by atoms with E-state index in [4.69, 9.17) is 9.84 Å². The van der Waals surface area contributed by atoms with Crippen molar-refractivity contribution < 1.29 is 19.4 Å². The Labute approximate surface area is 93.9 Å². The van der Waals surface area contributed by atoms with E-state index in [2.05, 4.69) is 0 Å². The molecule has 86 valence electrons. The van der Waals surface area contributed by atoms with Gasteiger partial charge in [-0.25, -0.2) is 4.79 Å². The summed E-state index contributed by atoms with van der Waals surface area (Å²) in [5.41, 5.74) is -0.307. The second-order valence-corrected chi connectivity index (χ2v) is 4.36. The fourth-order valence-electron chi connectivity index (χ4n) is 1.24. The smallest absolute Gasteiger partial charge is 0.339 e. The molecule has 16 heavy (non-hydrogen) atoms. The largest absolute Gasteiger partial charge is 0.486 e. The number of carboxylic acid groups (broad SMARTS) is 1. The van der Waals surface area contributed by atoms with E-state index in [9.17, 15) is 9.59 Å². The van der Waals surface area contributed by atoms with E-state index in [1.807, 2.05) is 0 Å². The molecule has 1 aromatic rings. The summed E-state index contributed by atoms with van der Waals surface area (Å²) in [5.74, 6) is -0.986. The average molecular weight is 222 g/mol. The van der Waals surface area contributed by atoms with Gasteiger partial charge >= 0.3 is 5.97 Å². The second-order valence-electron chi connectivity index (χ2n) is 4.36. The molecule has 1 aromatic carbocycles. The van der Waals surface area contributed by atoms with Crippen LogP contribution >= 0.6 is 0 Å². The highest BCUT2D eigenvalue weighted by Gasteiger charge is 2.20. The van der Waals surface area contributed by atoms with Crippen LogP contribution in [0.4, 0.5) is 0 Å². The Morgan fingerprint density at radius 2 is 2.00 bits per heavy atom. The Balaban J connectivity index is 3.30. The van der Waals surface area contributed by atoms with Gasteiger partial charge in [0.2, 0.25) is 0 Å². The lowest BCUT2D eigenvalue weighted by atomic mass is 10.1. The zero-order chi connectivity index (χ0) is 12.3. The van der Waals surface area contributed by atoms with Crippen molar-refractivity contribution in [2.45, 2.75) is 26.4 Å². The van der Waals surface area contributed by atoms with Crippen molar-refractivity contribution in [3.05, 3.63) is 29.3 Å². The van der Waals surface area contributed by atoms with Crippen LogP contribution in [0, 0.1) is 0 Å². The lowest BCUT2D eigenvalue weighted by Crippen LogP contribution is -2.25. The van der Waals surface area contributed by atoms with E-state index in [1.165, 1.54) is 18.2 Å². The highest BCUT2D eigenvalue weighted by atomic mass is 16.5. The molecule has 0 saturated carbocycles. The van der Waals surface area contributed by atoms with Gasteiger partial charge < -0.3 is 9.84 Å². The zero-order valence-electron chi connectivity index (χ0n) is 9.48. The van der Waals surface area contributed by atoms with Crippen LogP contribution < -0.4 is 4.74 Å². The van der Waals surface area contributed by atoms with E-state index in [-0.39, 0.29) is 16.9 Å². The van der Waals surface area contributed by atoms with Crippen LogP contribution in [0.5, 0.6) is 5.75 Å². The molecule has 0 aliphatic heterocycles. The number of hydrogen-bond acceptors (Lipinski definition) is 3. The molecule has 0 aliphatic rings. The highest BCUT2D eigenvalue weighted by Crippen LogP contribution is 2.26. The quantitative estimate of drug-likeness (QED) is 0.797. The summed E-state index contributed by atoms with van der Waals surface area (Å²) in [6.07, 6.45) is 0.591. The Morgan fingerprint density at radius 3 is 2.44 bits per heavy atom. The molecular weight excluding hydrogens is 208 g/mol. The fourth-order valence-corrected chi connectivity index (χ4v) is 1.24. The predicted octanol–water partition coefficient (Wildman–Crippen LogP) is 2.37. The summed E-state index contributed by atoms with van der Waals surface area (Å²) in [4.78, 5) is 21.8. The number of carbonyl (C=O) groups excluding carboxylic acids is 1. The van der Waals surface area contributed by atoms with Crippen molar-refractivity contribution in [1.29, 1.82) is 0 Å². The molecule has 0 atom stereocenters. The van der Waals surface area contributed by atoms with E-state index in [0.29, 0.717) is 6.29 Å². The maximum absolute atomic E-state index is 11.0. The van der Waals surface area contributed by atoms with Crippen LogP contribution in [0.1, 0.15) is 41.5 Å². The molecule has 0 fully saturated rings. The van der Waals surface area contributed by atoms with Gasteiger partial charge in [-0.2, -0.15) is 0 Å². The maximum atomic E-state index is 11.0. The molecular formula is C12H14O4. The number of carbonyl (C=O) groups is 2. The lowest BCUT2D eigenvalue weighted by Gasteiger charge is -2.23. The molecule has 0 radical (unpaired) electrons. The SMILES string of the molecule is CC(C)(C)Oc1c(C=O)cccc1C(=O)O. The average Bonchev–Trinajstić information content (AvgIpc) is 2.15. The van der Waals surface area contributed by atoms with Crippen molar-refractivity contribution in [3.63, 3.8) is 0 Å². The zero-order valence-corrected chi connectivity index (χ0v) is 9.48. The predicted molar refractivity (Wildman–Crippen MR) is 59.2 cm³/mol. The van der Waals surface area contributed by atoms with Gasteiger partial charge in [-0.15, -0.1) is 0 Å². The fraction of sp³-hybridized carbons (Fsp3) is 0.333. The number of para-hydroxylation sites is 1. The summed E-state index contributed by atoms with van der Waals surface area (Å²) < 4.78 is 5.50. The topological polar surface area (TPSA) is 63.6 Å². The molecule has 0 bridgehead atoms. The molecule has 4 heteroatoms. The van der Waals surface area contributed by atoms with Crippen LogP contribution in [-0.4, -0.2) is 23.0 Å². The molecule has 0 spiro atoms. The number of ether oxygens (including phenoxy) is 1. The molecule has 0 aliphatic carbocycles. The van der Waals surface area contributed by atoms with Gasteiger partial charge in [-0.05, 0) is 32.9 Å². The van der Waals surface area contributed by atoms with Crippen molar-refractivity contribution in [1.82, 2.24) is 0 Å². The van der Waals surface area contributed by atoms with Crippen LogP contribution in [0.25, 0.3) is 0 Å². The van der Waals surface area contributed by atoms with Crippen LogP contribution in [0.3, 0.4) is 0 Å². The first kappa shape index (κ1) is 12.2. The van der Waals surface area contributed by atoms with E-state index >= 15 is 0 Å². The first-order chi connectivity index (χ1) is 7.35. The molecule has 0 saturated heterocycles. The number of aldehydes is 1. The summed E-state index contributed by atoms with van der Waals surface area (Å²) >= 11 is 0. The Bertz CT molecular complexity index is 416. The number of hydrogen-bond donors (Lipinski definition) is 1. The summed E-state index contributed by atoms with van der Waals surface area (Å²) in [6, 6.07) is 4.46. The monoisotopic (exact) mass is 222 g/mol. The van der Waals surface area contributed by atoms with Gasteiger partial charge in [0.25, 0.3) is 0 Å². The molecule has 0 amide bonds. The number of carboxylic acids is 1. The highest BCUT2D eigenvalue weighted by molar-refractivity contribution is 5.95. The standard InChI is InChI=1S/C12H14O4/c1-12(2,3)16-10-8(7-13)5-4-6-9(10)11(14)15/h4-7H,1-3H3,(H,14,15). The van der Waals surface area contributed by atoms with Crippen LogP contribution in [0.15, 0.2) is 18.2 Å². The Morgan fingerprint density at radius 1 is 1.38 bits per heavy atom. The van der Waals surface area contributed by atoms with Crippen LogP contribution in [-0.2, 0) is 0 Å². The summed E-state index contributed by atoms with van der Waals surface area (Å²) in [7, 11) is 0. The minimum absolute atomic E-state index is 0.000440. The molecule has 0 aromatic heterocycles. The molecule has 0 heterocycles. The van der Waals surface area contributed by atoms with Crippen LogP contribution in [0.2, 0.25) is 0 Å². The molecule has 1 N–H and O–H groups in total. The first-order valence-electron chi connectivity index (χ1n) is 4.85. The number of benzene rings is 1. The van der Waals surface area contributed by atoms with Crippen molar-refractivity contribution in [2.75, 3.05) is 0 Å². The lowest BCUT2D eigenvalue weighted by molar-refractivity contribution is 0.0681. The third-order valence-corrected chi connectivity index (χ3v) is 1.81. The molecule has 0 unspecified atom stereocenters. The Hall–Kier alpha value is -1.84. The normalized spacial score (nSPS) is 10.9. The van der Waals surface area contributed by atoms with Crippen molar-refractivity contribution in [2.24, 2.45) is 0 Å². The summed E-state index contributed by atoms with van der Waals surface area (Å²) in [5, 5.41) is 8.99. The third kappa shape index (κ3) is 2.82. The molecule has 4 nitrogen and oxygen atoms in total. The van der Waals surface area contributed by atoms with Gasteiger partial charge in [0.05, 0.1) is 5.56 Å². The minimum atomic E-state index is -1.11. The van der Waals surface area contributed by atoms with E-state index < -0.39 is 11.6 Å². The third-order valence-electron chi connectivity index (χ3n) is 1.81. The van der Waals surface area contributed by atoms with Crippen molar-refractivity contribution >= 4 is 12.3 Å². The van der Waals surface area contributed by atoms with E-state index in [0.717, 1.165) is 0 Å². The molecule has 1 rings (SSSR count). The number of aromatic carboxylic acids is 1. The van der Waals surface area contributed by atoms with Gasteiger partial charge in [0, 0.05) is 0 Å². The van der Waals surface area contributed by atoms with Gasteiger partial charge in [-0.1, -0.05) is 6.07 Å². The Kier molecular flexibility index (Phi) is 3.32. The number of rotatable bonds is 3. The van der Waals surface area contributed by atoms with Gasteiger partial charge in [0.15, 0.2) is 6.29 Å². The van der Waals surface area contributed by atoms with Crippen molar-refractivity contribution in [3.8, 4) is 5.75 Å². The summed E-state index contributed by atoms with van der Waals surface area (Å²) in [6.45, 7) is 5.38. The second kappa shape index (κ2) is 4.35. The van der Waals surface area contributed by atoms with Gasteiger partial charge in [0.1, 0.15) is 16.9 Å². The minimum Gasteiger partial charge on any atom is -0.486 e. The van der Waals surface area contributed by atoms with E-state index in [1.54, 1.807) is 20.8 Å². The first-order valence-corrected chi connectivity index (χ1v) is 4.85.